The van der Waals surface area contributed by atoms with Crippen LogP contribution in [-0.4, -0.2) is 49.9 Å². The zero-order chi connectivity index (χ0) is 24.2. The number of nitrogens with one attached hydrogen (secondary N) is 1. The van der Waals surface area contributed by atoms with Gasteiger partial charge in [0.1, 0.15) is 35.1 Å². The van der Waals surface area contributed by atoms with Crippen molar-refractivity contribution in [2.24, 2.45) is 0 Å². The highest BCUT2D eigenvalue weighted by molar-refractivity contribution is 6.06. The van der Waals surface area contributed by atoms with Crippen molar-refractivity contribution in [1.29, 1.82) is 0 Å². The predicted octanol–water partition coefficient (Wildman–Crippen LogP) is 0.338. The Balaban J connectivity index is 1.41. The van der Waals surface area contributed by atoms with Crippen molar-refractivity contribution in [2.45, 2.75) is 37.4 Å². The average molecular weight is 479 g/mol. The molecule has 178 valence electrons. The van der Waals surface area contributed by atoms with Gasteiger partial charge in [0.05, 0.1) is 24.0 Å². The van der Waals surface area contributed by atoms with Gasteiger partial charge in [0.25, 0.3) is 5.56 Å². The molecule has 0 unspecified atom stereocenters. The molecular weight excluding hydrogens is 462 g/mol. The summed E-state index contributed by atoms with van der Waals surface area (Å²) in [6.07, 6.45) is -1.30. The van der Waals surface area contributed by atoms with Crippen molar-refractivity contribution in [2.75, 3.05) is 12.8 Å². The molecule has 35 heavy (non-hydrogen) atoms. The number of nitrogens with two attached hydrogens (primary N) is 1. The highest BCUT2D eigenvalue weighted by Crippen LogP contribution is 2.54. The molecule has 4 atom stereocenters. The lowest BCUT2D eigenvalue weighted by atomic mass is 9.91. The van der Waals surface area contributed by atoms with Gasteiger partial charge in [-0.1, -0.05) is 0 Å². The minimum atomic E-state index is -1.22. The fourth-order valence-electron chi connectivity index (χ4n) is 5.45. The Morgan fingerprint density at radius 2 is 2.11 bits per heavy atom. The fourth-order valence-corrected chi connectivity index (χ4v) is 5.45. The van der Waals surface area contributed by atoms with E-state index in [0.29, 0.717) is 34.4 Å². The van der Waals surface area contributed by atoms with Crippen LogP contribution in [-0.2, 0) is 11.2 Å². The fraction of sp³-hybridized carbons (Fsp3) is 0.318. The van der Waals surface area contributed by atoms with Crippen LogP contribution in [0.5, 0.6) is 11.5 Å². The Morgan fingerprint density at radius 3 is 2.91 bits per heavy atom. The lowest BCUT2D eigenvalue weighted by Crippen LogP contribution is -2.25. The zero-order valence-electron chi connectivity index (χ0n) is 18.1. The van der Waals surface area contributed by atoms with Gasteiger partial charge in [-0.3, -0.25) is 19.1 Å². The highest BCUT2D eigenvalue weighted by Gasteiger charge is 2.54. The number of anilines is 1. The Kier molecular flexibility index (Phi) is 3.85. The number of H-pyrrole nitrogens is 1. The Morgan fingerprint density at radius 1 is 1.29 bits per heavy atom. The summed E-state index contributed by atoms with van der Waals surface area (Å²) in [6.45, 7) is 0. The van der Waals surface area contributed by atoms with Gasteiger partial charge in [0.2, 0.25) is 12.2 Å². The van der Waals surface area contributed by atoms with E-state index in [1.54, 1.807) is 6.07 Å². The topological polar surface area (TPSA) is 185 Å². The first-order valence-electron chi connectivity index (χ1n) is 10.8. The number of hydrogen-bond acceptors (Lipinski definition) is 11. The molecule has 1 saturated heterocycles. The predicted molar refractivity (Wildman–Crippen MR) is 118 cm³/mol. The number of methoxy groups -OCH3 is 1. The number of Topliss-reactive ketones (excluding diaryl/α,β-unsaturated/α-hetero) is 1. The molecule has 0 radical (unpaired) electrons. The maximum absolute atomic E-state index is 12.7. The van der Waals surface area contributed by atoms with E-state index in [-0.39, 0.29) is 40.5 Å². The first-order chi connectivity index (χ1) is 16.9. The maximum atomic E-state index is 12.7. The largest absolute Gasteiger partial charge is 0.496 e. The average Bonchev–Trinajstić information content (AvgIpc) is 3.56. The summed E-state index contributed by atoms with van der Waals surface area (Å²) in [7, 11) is 1.47. The molecule has 3 aliphatic rings. The van der Waals surface area contributed by atoms with Gasteiger partial charge >= 0.3 is 5.63 Å². The second-order valence-electron chi connectivity index (χ2n) is 8.67. The van der Waals surface area contributed by atoms with Crippen molar-refractivity contribution >= 4 is 33.9 Å². The number of fused-ring (bicyclic) bond motifs is 8. The number of carbonyl (C=O) groups excluding carboxylic acids is 1. The minimum Gasteiger partial charge on any atom is -0.496 e. The second-order valence-corrected chi connectivity index (χ2v) is 8.67. The number of benzene rings is 1. The van der Waals surface area contributed by atoms with Crippen LogP contribution in [0.1, 0.15) is 40.1 Å². The first-order valence-corrected chi connectivity index (χ1v) is 10.8. The number of aromatic amines is 1. The number of aliphatic hydroxyl groups excluding tert-OH is 1. The van der Waals surface area contributed by atoms with Crippen LogP contribution in [0.25, 0.3) is 22.1 Å². The number of carbonyl (C=O) groups is 1. The summed E-state index contributed by atoms with van der Waals surface area (Å²) in [6, 6.07) is 1.63. The van der Waals surface area contributed by atoms with Crippen LogP contribution in [0.4, 0.5) is 5.95 Å². The Bertz CT molecular complexity index is 1720. The molecule has 0 spiro atoms. The van der Waals surface area contributed by atoms with Crippen molar-refractivity contribution in [3.05, 3.63) is 49.9 Å². The van der Waals surface area contributed by atoms with E-state index in [1.807, 2.05) is 0 Å². The summed E-state index contributed by atoms with van der Waals surface area (Å²) in [5, 5.41) is 11.9. The molecule has 1 fully saturated rings. The van der Waals surface area contributed by atoms with E-state index in [9.17, 15) is 19.5 Å². The quantitative estimate of drug-likeness (QED) is 0.337. The van der Waals surface area contributed by atoms with E-state index in [1.165, 1.54) is 18.0 Å². The number of imidazole rings is 1. The summed E-state index contributed by atoms with van der Waals surface area (Å²) >= 11 is 0. The molecule has 0 saturated carbocycles. The first kappa shape index (κ1) is 20.2. The van der Waals surface area contributed by atoms with Gasteiger partial charge in [-0.2, -0.15) is 4.98 Å². The second kappa shape index (κ2) is 6.67. The van der Waals surface area contributed by atoms with Crippen LogP contribution < -0.4 is 26.4 Å². The maximum Gasteiger partial charge on any atom is 0.347 e. The number of ether oxygens (including phenoxy) is 3. The normalized spacial score (nSPS) is 24.6. The van der Waals surface area contributed by atoms with Gasteiger partial charge in [0, 0.05) is 12.5 Å². The Labute approximate surface area is 194 Å². The third-order valence-electron chi connectivity index (χ3n) is 6.88. The molecule has 4 aromatic rings. The summed E-state index contributed by atoms with van der Waals surface area (Å²) in [4.78, 5) is 48.1. The van der Waals surface area contributed by atoms with Crippen LogP contribution >= 0.6 is 0 Å². The molecule has 3 aromatic heterocycles. The molecule has 1 aliphatic carbocycles. The van der Waals surface area contributed by atoms with E-state index in [2.05, 4.69) is 15.0 Å². The molecule has 5 heterocycles. The van der Waals surface area contributed by atoms with Crippen LogP contribution in [0.2, 0.25) is 0 Å². The van der Waals surface area contributed by atoms with Gasteiger partial charge in [-0.25, -0.2) is 9.78 Å². The van der Waals surface area contributed by atoms with Gasteiger partial charge in [0.15, 0.2) is 23.2 Å². The SMILES string of the molecule is COc1cc2c(c3oc(=O)c4c(c13)CCC4=O)[C@H]1[C@@H](O2)O[C@@H](n2cnc3nc(N)[nH]c(=O)c32)[C@@H]1O. The van der Waals surface area contributed by atoms with E-state index in [0.717, 1.165) is 0 Å². The lowest BCUT2D eigenvalue weighted by molar-refractivity contribution is -0.103. The van der Waals surface area contributed by atoms with Gasteiger partial charge in [-0.15, -0.1) is 0 Å². The highest BCUT2D eigenvalue weighted by atomic mass is 16.7. The van der Waals surface area contributed by atoms with Crippen molar-refractivity contribution in [1.82, 2.24) is 19.5 Å². The van der Waals surface area contributed by atoms with Gasteiger partial charge < -0.3 is 29.5 Å². The van der Waals surface area contributed by atoms with Crippen molar-refractivity contribution < 1.29 is 28.5 Å². The van der Waals surface area contributed by atoms with Crippen LogP contribution in [0.3, 0.4) is 0 Å². The molecule has 13 nitrogen and oxygen atoms in total. The molecule has 0 amide bonds. The van der Waals surface area contributed by atoms with E-state index in [4.69, 9.17) is 24.4 Å². The zero-order valence-corrected chi connectivity index (χ0v) is 18.1. The third kappa shape index (κ3) is 2.50. The number of nitrogen functional groups attached to an aromatic ring is 1. The number of ketones is 1. The van der Waals surface area contributed by atoms with Crippen LogP contribution in [0, 0.1) is 0 Å². The Hall–Kier alpha value is -4.23. The summed E-state index contributed by atoms with van der Waals surface area (Å²) in [5.74, 6) is -0.411. The van der Waals surface area contributed by atoms with E-state index < -0.39 is 35.7 Å². The molecule has 2 aliphatic heterocycles. The number of aliphatic hydroxyl groups is 1. The smallest absolute Gasteiger partial charge is 0.347 e. The van der Waals surface area contributed by atoms with E-state index >= 15 is 0 Å². The molecule has 4 N–H and O–H groups in total. The molecule has 1 aromatic carbocycles. The molecular formula is C22H17N5O8. The summed E-state index contributed by atoms with van der Waals surface area (Å²) in [5.41, 5.74) is 5.69. The van der Waals surface area contributed by atoms with Crippen LogP contribution in [0.15, 0.2) is 26.4 Å². The number of aromatic nitrogens is 4. The molecule has 13 heteroatoms. The minimum absolute atomic E-state index is 0.0307. The number of rotatable bonds is 2. The number of aryl methyl sites for hydroxylation is 1. The molecule has 0 bridgehead atoms. The standard InChI is InChI=1S/C22H17N5O8/c1-32-8-4-9-12(16-11(8)6-2-3-7(28)10(6)20(31)34-16)13-15(29)19(35-21(13)33-9)27-5-24-17-14(27)18(30)26-22(23)25-17/h4-5,13,15,19,21,29H,2-3H2,1H3,(H3,23,25,26,30)/t13-,15-,19-,21+/m1/s1. The summed E-state index contributed by atoms with van der Waals surface area (Å²) < 4.78 is 24.5. The number of hydrogen-bond donors (Lipinski definition) is 3. The van der Waals surface area contributed by atoms with Crippen molar-refractivity contribution in [3.8, 4) is 11.5 Å². The molecule has 7 rings (SSSR count). The van der Waals surface area contributed by atoms with Crippen molar-refractivity contribution in [3.63, 3.8) is 0 Å². The lowest BCUT2D eigenvalue weighted by Gasteiger charge is -2.20. The van der Waals surface area contributed by atoms with Gasteiger partial charge in [-0.05, 0) is 12.0 Å². The third-order valence-corrected chi connectivity index (χ3v) is 6.88. The number of nitrogens with zero attached hydrogens (tertiary/aromatic N) is 3. The monoisotopic (exact) mass is 479 g/mol.